The number of likely N-dealkylation sites (N-methyl/N-ethyl adjacent to an activating group) is 1. The van der Waals surface area contributed by atoms with E-state index in [0.29, 0.717) is 16.3 Å². The van der Waals surface area contributed by atoms with Gasteiger partial charge < -0.3 is 15.0 Å². The number of rotatable bonds is 11. The molecule has 10 heteroatoms. The number of carbonyl (C=O) groups excluding carboxylic acids is 2. The van der Waals surface area contributed by atoms with Gasteiger partial charge in [-0.1, -0.05) is 72.3 Å². The predicted molar refractivity (Wildman–Crippen MR) is 145 cm³/mol. The van der Waals surface area contributed by atoms with Crippen LogP contribution in [0.2, 0.25) is 5.02 Å². The lowest BCUT2D eigenvalue weighted by atomic mass is 10.0. The molecule has 2 amide bonds. The highest BCUT2D eigenvalue weighted by Crippen LogP contribution is 2.30. The second kappa shape index (κ2) is 12.6. The molecule has 0 aliphatic rings. The minimum atomic E-state index is -3.89. The Bertz CT molecular complexity index is 1330. The minimum Gasteiger partial charge on any atom is -0.495 e. The van der Waals surface area contributed by atoms with E-state index >= 15 is 0 Å². The van der Waals surface area contributed by atoms with E-state index < -0.39 is 28.5 Å². The number of sulfonamides is 1. The van der Waals surface area contributed by atoms with Gasteiger partial charge in [-0.3, -0.25) is 13.9 Å². The first-order valence-corrected chi connectivity index (χ1v) is 13.8. The Morgan fingerprint density at radius 3 is 2.22 bits per heavy atom. The van der Waals surface area contributed by atoms with Gasteiger partial charge in [0.05, 0.1) is 19.1 Å². The SMILES string of the molecule is CNC(=O)[C@H](Cc1ccccc1)N(Cc1ccccc1Cl)C(=O)CN(c1ccccc1OC)S(C)(=O)=O. The maximum Gasteiger partial charge on any atom is 0.244 e. The highest BCUT2D eigenvalue weighted by molar-refractivity contribution is 7.92. The van der Waals surface area contributed by atoms with Gasteiger partial charge >= 0.3 is 0 Å². The molecule has 37 heavy (non-hydrogen) atoms. The molecule has 1 atom stereocenters. The van der Waals surface area contributed by atoms with Crippen molar-refractivity contribution in [1.82, 2.24) is 10.2 Å². The number of carbonyl (C=O) groups is 2. The van der Waals surface area contributed by atoms with Crippen molar-refractivity contribution in [1.29, 1.82) is 0 Å². The predicted octanol–water partition coefficient (Wildman–Crippen LogP) is 3.50. The fraction of sp³-hybridized carbons (Fsp3) is 0.259. The van der Waals surface area contributed by atoms with Crippen LogP contribution in [0.4, 0.5) is 5.69 Å². The molecule has 3 aromatic carbocycles. The number of anilines is 1. The Morgan fingerprint density at radius 2 is 1.59 bits per heavy atom. The van der Waals surface area contributed by atoms with E-state index in [9.17, 15) is 18.0 Å². The first kappa shape index (κ1) is 28.0. The van der Waals surface area contributed by atoms with Crippen molar-refractivity contribution in [2.75, 3.05) is 31.3 Å². The van der Waals surface area contributed by atoms with Gasteiger partial charge in [0.25, 0.3) is 0 Å². The summed E-state index contributed by atoms with van der Waals surface area (Å²) in [5.74, 6) is -0.654. The van der Waals surface area contributed by atoms with Crippen LogP contribution in [-0.2, 0) is 32.6 Å². The molecular weight excluding hydrogens is 514 g/mol. The van der Waals surface area contributed by atoms with Crippen molar-refractivity contribution in [3.05, 3.63) is 95.0 Å². The smallest absolute Gasteiger partial charge is 0.244 e. The number of hydrogen-bond donors (Lipinski definition) is 1. The molecule has 0 saturated heterocycles. The summed E-state index contributed by atoms with van der Waals surface area (Å²) >= 11 is 6.40. The van der Waals surface area contributed by atoms with Crippen LogP contribution >= 0.6 is 11.6 Å². The van der Waals surface area contributed by atoms with Gasteiger partial charge in [-0.25, -0.2) is 8.42 Å². The number of hydrogen-bond acceptors (Lipinski definition) is 5. The van der Waals surface area contributed by atoms with E-state index in [-0.39, 0.29) is 24.6 Å². The topological polar surface area (TPSA) is 96.0 Å². The maximum atomic E-state index is 13.9. The van der Waals surface area contributed by atoms with Crippen LogP contribution in [0.5, 0.6) is 5.75 Å². The van der Waals surface area contributed by atoms with Crippen LogP contribution in [0.25, 0.3) is 0 Å². The summed E-state index contributed by atoms with van der Waals surface area (Å²) in [5.41, 5.74) is 1.69. The third kappa shape index (κ3) is 7.24. The second-order valence-corrected chi connectivity index (χ2v) is 10.7. The third-order valence-electron chi connectivity index (χ3n) is 5.85. The summed E-state index contributed by atoms with van der Waals surface area (Å²) in [6, 6.07) is 21.9. The highest BCUT2D eigenvalue weighted by Gasteiger charge is 2.33. The van der Waals surface area contributed by atoms with Crippen molar-refractivity contribution < 1.29 is 22.7 Å². The van der Waals surface area contributed by atoms with Gasteiger partial charge in [0, 0.05) is 25.0 Å². The largest absolute Gasteiger partial charge is 0.495 e. The quantitative estimate of drug-likeness (QED) is 0.399. The van der Waals surface area contributed by atoms with E-state index in [1.807, 2.05) is 30.3 Å². The highest BCUT2D eigenvalue weighted by atomic mass is 35.5. The molecule has 0 heterocycles. The average Bonchev–Trinajstić information content (AvgIpc) is 2.89. The zero-order valence-electron chi connectivity index (χ0n) is 20.9. The molecule has 3 aromatic rings. The third-order valence-corrected chi connectivity index (χ3v) is 7.34. The van der Waals surface area contributed by atoms with Crippen LogP contribution in [0.1, 0.15) is 11.1 Å². The number of benzene rings is 3. The van der Waals surface area contributed by atoms with Gasteiger partial charge in [0.2, 0.25) is 21.8 Å². The standard InChI is InChI=1S/C27H30ClN3O5S/c1-29-27(33)24(17-20-11-5-4-6-12-20)30(18-21-13-7-8-14-22(21)28)26(32)19-31(37(3,34)35)23-15-9-10-16-25(23)36-2/h4-16,24H,17-19H2,1-3H3,(H,29,33)/t24-/m0/s1. The van der Waals surface area contributed by atoms with Crippen LogP contribution in [0, 0.1) is 0 Å². The molecule has 196 valence electrons. The summed E-state index contributed by atoms with van der Waals surface area (Å²) < 4.78 is 32.0. The number of para-hydroxylation sites is 2. The molecule has 0 unspecified atom stereocenters. The molecule has 3 rings (SSSR count). The van der Waals surface area contributed by atoms with Gasteiger partial charge in [-0.05, 0) is 29.3 Å². The fourth-order valence-corrected chi connectivity index (χ4v) is 5.01. The van der Waals surface area contributed by atoms with E-state index in [1.165, 1.54) is 19.1 Å². The Labute approximate surface area is 222 Å². The number of methoxy groups -OCH3 is 1. The number of nitrogens with zero attached hydrogens (tertiary/aromatic N) is 2. The zero-order valence-corrected chi connectivity index (χ0v) is 22.5. The lowest BCUT2D eigenvalue weighted by Crippen LogP contribution is -2.53. The Balaban J connectivity index is 2.06. The van der Waals surface area contributed by atoms with Gasteiger partial charge in [-0.15, -0.1) is 0 Å². The summed E-state index contributed by atoms with van der Waals surface area (Å²) in [7, 11) is -0.972. The molecule has 0 radical (unpaired) electrons. The first-order chi connectivity index (χ1) is 17.7. The number of amides is 2. The maximum absolute atomic E-state index is 13.9. The molecule has 8 nitrogen and oxygen atoms in total. The Hall–Kier alpha value is -3.56. The summed E-state index contributed by atoms with van der Waals surface area (Å²) in [6.07, 6.45) is 1.25. The van der Waals surface area contributed by atoms with Gasteiger partial charge in [0.1, 0.15) is 18.3 Å². The minimum absolute atomic E-state index is 0.00690. The molecular formula is C27H30ClN3O5S. The van der Waals surface area contributed by atoms with Crippen LogP contribution in [0.3, 0.4) is 0 Å². The molecule has 0 aliphatic heterocycles. The van der Waals surface area contributed by atoms with Crippen molar-refractivity contribution >= 4 is 39.1 Å². The molecule has 0 fully saturated rings. The van der Waals surface area contributed by atoms with E-state index in [4.69, 9.17) is 16.3 Å². The molecule has 0 aromatic heterocycles. The summed E-state index contributed by atoms with van der Waals surface area (Å²) in [5, 5.41) is 3.07. The summed E-state index contributed by atoms with van der Waals surface area (Å²) in [4.78, 5) is 28.4. The van der Waals surface area contributed by atoms with E-state index in [1.54, 1.807) is 48.5 Å². The second-order valence-electron chi connectivity index (χ2n) is 8.37. The first-order valence-electron chi connectivity index (χ1n) is 11.5. The van der Waals surface area contributed by atoms with Gasteiger partial charge in [-0.2, -0.15) is 0 Å². The van der Waals surface area contributed by atoms with E-state index in [2.05, 4.69) is 5.32 Å². The number of halogens is 1. The Morgan fingerprint density at radius 1 is 0.973 bits per heavy atom. The lowest BCUT2D eigenvalue weighted by molar-refractivity contribution is -0.139. The van der Waals surface area contributed by atoms with Gasteiger partial charge in [0.15, 0.2) is 0 Å². The average molecular weight is 544 g/mol. The van der Waals surface area contributed by atoms with Crippen LogP contribution in [-0.4, -0.2) is 58.1 Å². The summed E-state index contributed by atoms with van der Waals surface area (Å²) in [6.45, 7) is -0.529. The van der Waals surface area contributed by atoms with Crippen molar-refractivity contribution in [3.8, 4) is 5.75 Å². The van der Waals surface area contributed by atoms with Crippen LogP contribution in [0.15, 0.2) is 78.9 Å². The number of ether oxygens (including phenoxy) is 1. The molecule has 1 N–H and O–H groups in total. The zero-order chi connectivity index (χ0) is 27.0. The Kier molecular flexibility index (Phi) is 9.54. The molecule has 0 saturated carbocycles. The molecule has 0 bridgehead atoms. The van der Waals surface area contributed by atoms with Crippen molar-refractivity contribution in [3.63, 3.8) is 0 Å². The number of nitrogens with one attached hydrogen (secondary N) is 1. The van der Waals surface area contributed by atoms with Crippen LogP contribution < -0.4 is 14.4 Å². The molecule has 0 aliphatic carbocycles. The van der Waals surface area contributed by atoms with E-state index in [0.717, 1.165) is 16.1 Å². The normalized spacial score (nSPS) is 11.9. The lowest BCUT2D eigenvalue weighted by Gasteiger charge is -2.33. The molecule has 0 spiro atoms. The monoisotopic (exact) mass is 543 g/mol. The van der Waals surface area contributed by atoms with Crippen molar-refractivity contribution in [2.24, 2.45) is 0 Å². The van der Waals surface area contributed by atoms with Crippen molar-refractivity contribution in [2.45, 2.75) is 19.0 Å². The fourth-order valence-electron chi connectivity index (χ4n) is 3.96.